The first-order chi connectivity index (χ1) is 11.3. The number of carbonyl (C=O) groups excluding carboxylic acids is 1. The second kappa shape index (κ2) is 7.31. The van der Waals surface area contributed by atoms with Crippen LogP contribution in [0.3, 0.4) is 0 Å². The number of halogens is 1. The summed E-state index contributed by atoms with van der Waals surface area (Å²) in [5.74, 6) is -0.638. The lowest BCUT2D eigenvalue weighted by atomic mass is 10.3. The summed E-state index contributed by atoms with van der Waals surface area (Å²) in [5, 5.41) is 2.40. The van der Waals surface area contributed by atoms with Crippen molar-refractivity contribution in [3.05, 3.63) is 54.3 Å². The van der Waals surface area contributed by atoms with Crippen molar-refractivity contribution >= 4 is 27.3 Å². The van der Waals surface area contributed by atoms with Crippen LogP contribution >= 0.6 is 0 Å². The Kier molecular flexibility index (Phi) is 5.40. The minimum Gasteiger partial charge on any atom is -0.484 e. The quantitative estimate of drug-likeness (QED) is 0.865. The first-order valence-electron chi connectivity index (χ1n) is 6.98. The zero-order chi connectivity index (χ0) is 17.7. The molecule has 2 aromatic carbocycles. The molecule has 24 heavy (non-hydrogen) atoms. The van der Waals surface area contributed by atoms with Gasteiger partial charge < -0.3 is 10.1 Å². The number of para-hydroxylation sites is 1. The Bertz CT molecular complexity index is 822. The van der Waals surface area contributed by atoms with Crippen LogP contribution in [-0.2, 0) is 14.8 Å². The summed E-state index contributed by atoms with van der Waals surface area (Å²) in [6.07, 6.45) is 1.10. The molecular formula is C16H17FN2O4S. The van der Waals surface area contributed by atoms with E-state index in [2.05, 4.69) is 5.32 Å². The van der Waals surface area contributed by atoms with Crippen LogP contribution in [0.2, 0.25) is 0 Å². The van der Waals surface area contributed by atoms with Crippen LogP contribution in [0.5, 0.6) is 5.75 Å². The minimum atomic E-state index is -3.34. The summed E-state index contributed by atoms with van der Waals surface area (Å²) in [5.41, 5.74) is 0.553. The van der Waals surface area contributed by atoms with Gasteiger partial charge in [-0.05, 0) is 36.4 Å². The van der Waals surface area contributed by atoms with Crippen LogP contribution in [0.25, 0.3) is 0 Å². The van der Waals surface area contributed by atoms with Gasteiger partial charge in [0.15, 0.2) is 6.61 Å². The van der Waals surface area contributed by atoms with Gasteiger partial charge in [-0.25, -0.2) is 12.8 Å². The standard InChI is InChI=1S/C16H17FN2O4S/c1-19(24(2,21)22)12-7-9-13(10-8-12)23-11-16(20)18-15-6-4-3-5-14(15)17/h3-10H,11H2,1-2H3,(H,18,20). The van der Waals surface area contributed by atoms with Crippen LogP contribution in [0.4, 0.5) is 15.8 Å². The van der Waals surface area contributed by atoms with Crippen molar-refractivity contribution in [2.24, 2.45) is 0 Å². The van der Waals surface area contributed by atoms with Crippen LogP contribution in [0.15, 0.2) is 48.5 Å². The molecule has 0 aliphatic heterocycles. The van der Waals surface area contributed by atoms with E-state index >= 15 is 0 Å². The van der Waals surface area contributed by atoms with Gasteiger partial charge in [0.2, 0.25) is 10.0 Å². The first kappa shape index (κ1) is 17.7. The molecule has 0 aromatic heterocycles. The lowest BCUT2D eigenvalue weighted by Gasteiger charge is -2.16. The van der Waals surface area contributed by atoms with Crippen molar-refractivity contribution in [2.75, 3.05) is 29.5 Å². The highest BCUT2D eigenvalue weighted by Crippen LogP contribution is 2.20. The SMILES string of the molecule is CN(c1ccc(OCC(=O)Nc2ccccc2F)cc1)S(C)(=O)=O. The molecule has 8 heteroatoms. The van der Waals surface area contributed by atoms with Gasteiger partial charge in [-0.15, -0.1) is 0 Å². The van der Waals surface area contributed by atoms with Crippen LogP contribution in [0, 0.1) is 5.82 Å². The van der Waals surface area contributed by atoms with Crippen molar-refractivity contribution in [1.82, 2.24) is 0 Å². The van der Waals surface area contributed by atoms with Gasteiger partial charge in [0.1, 0.15) is 11.6 Å². The molecule has 0 fully saturated rings. The predicted octanol–water partition coefficient (Wildman–Crippen LogP) is 2.24. The molecule has 0 spiro atoms. The number of rotatable bonds is 6. The molecule has 0 bridgehead atoms. The topological polar surface area (TPSA) is 75.7 Å². The molecule has 1 amide bonds. The molecule has 2 aromatic rings. The van der Waals surface area contributed by atoms with Crippen molar-refractivity contribution in [1.29, 1.82) is 0 Å². The highest BCUT2D eigenvalue weighted by Gasteiger charge is 2.12. The Hall–Kier alpha value is -2.61. The zero-order valence-electron chi connectivity index (χ0n) is 13.2. The van der Waals surface area contributed by atoms with Gasteiger partial charge in [0, 0.05) is 7.05 Å². The van der Waals surface area contributed by atoms with Crippen molar-refractivity contribution in [2.45, 2.75) is 0 Å². The van der Waals surface area contributed by atoms with Crippen molar-refractivity contribution < 1.29 is 22.3 Å². The number of carbonyl (C=O) groups is 1. The van der Waals surface area contributed by atoms with Crippen LogP contribution < -0.4 is 14.4 Å². The summed E-state index contributed by atoms with van der Waals surface area (Å²) in [4.78, 5) is 11.8. The Morgan fingerprint density at radius 1 is 1.17 bits per heavy atom. The fourth-order valence-corrected chi connectivity index (χ4v) is 2.35. The molecule has 0 aliphatic carbocycles. The average molecular weight is 352 g/mol. The van der Waals surface area contributed by atoms with Crippen LogP contribution in [0.1, 0.15) is 0 Å². The molecule has 0 saturated carbocycles. The summed E-state index contributed by atoms with van der Waals surface area (Å²) >= 11 is 0. The third-order valence-corrected chi connectivity index (χ3v) is 4.42. The number of sulfonamides is 1. The number of benzene rings is 2. The number of amides is 1. The van der Waals surface area contributed by atoms with E-state index in [1.807, 2.05) is 0 Å². The van der Waals surface area contributed by atoms with Gasteiger partial charge in [-0.2, -0.15) is 0 Å². The number of nitrogens with zero attached hydrogens (tertiary/aromatic N) is 1. The van der Waals surface area contributed by atoms with Crippen molar-refractivity contribution in [3.63, 3.8) is 0 Å². The van der Waals surface area contributed by atoms with E-state index in [9.17, 15) is 17.6 Å². The number of ether oxygens (including phenoxy) is 1. The van der Waals surface area contributed by atoms with Gasteiger partial charge in [0.25, 0.3) is 5.91 Å². The Labute approximate surface area is 139 Å². The Morgan fingerprint density at radius 3 is 2.38 bits per heavy atom. The molecule has 128 valence electrons. The number of hydrogen-bond acceptors (Lipinski definition) is 4. The third kappa shape index (κ3) is 4.69. The monoisotopic (exact) mass is 352 g/mol. The van der Waals surface area contributed by atoms with Gasteiger partial charge >= 0.3 is 0 Å². The maximum Gasteiger partial charge on any atom is 0.262 e. The third-order valence-electron chi connectivity index (χ3n) is 3.22. The summed E-state index contributed by atoms with van der Waals surface area (Å²) in [7, 11) is -1.90. The molecular weight excluding hydrogens is 335 g/mol. The smallest absolute Gasteiger partial charge is 0.262 e. The number of nitrogens with one attached hydrogen (secondary N) is 1. The normalized spacial score (nSPS) is 11.0. The molecule has 1 N–H and O–H groups in total. The number of anilines is 2. The van der Waals surface area contributed by atoms with E-state index < -0.39 is 21.7 Å². The second-order valence-electron chi connectivity index (χ2n) is 5.04. The van der Waals surface area contributed by atoms with Crippen molar-refractivity contribution in [3.8, 4) is 5.75 Å². The molecule has 0 radical (unpaired) electrons. The molecule has 0 heterocycles. The summed E-state index contributed by atoms with van der Waals surface area (Å²) in [6, 6.07) is 12.0. The summed E-state index contributed by atoms with van der Waals surface area (Å²) < 4.78 is 42.7. The lowest BCUT2D eigenvalue weighted by molar-refractivity contribution is -0.118. The Morgan fingerprint density at radius 2 is 1.79 bits per heavy atom. The van der Waals surface area contributed by atoms with E-state index in [0.717, 1.165) is 10.6 Å². The largest absolute Gasteiger partial charge is 0.484 e. The molecule has 2 rings (SSSR count). The van der Waals surface area contributed by atoms with Gasteiger partial charge in [0.05, 0.1) is 17.6 Å². The molecule has 0 atom stereocenters. The van der Waals surface area contributed by atoms with E-state index in [1.54, 1.807) is 30.3 Å². The Balaban J connectivity index is 1.93. The molecule has 0 aliphatic rings. The predicted molar refractivity (Wildman–Crippen MR) is 90.2 cm³/mol. The van der Waals surface area contributed by atoms with E-state index in [0.29, 0.717) is 11.4 Å². The lowest BCUT2D eigenvalue weighted by Crippen LogP contribution is -2.24. The first-order valence-corrected chi connectivity index (χ1v) is 8.83. The summed E-state index contributed by atoms with van der Waals surface area (Å²) in [6.45, 7) is -0.296. The fourth-order valence-electron chi connectivity index (χ4n) is 1.84. The zero-order valence-corrected chi connectivity index (χ0v) is 14.0. The molecule has 6 nitrogen and oxygen atoms in total. The van der Waals surface area contributed by atoms with Gasteiger partial charge in [-0.1, -0.05) is 12.1 Å². The molecule has 0 unspecified atom stereocenters. The molecule has 0 saturated heterocycles. The van der Waals surface area contributed by atoms with Crippen LogP contribution in [-0.4, -0.2) is 34.2 Å². The van der Waals surface area contributed by atoms with E-state index in [4.69, 9.17) is 4.74 Å². The minimum absolute atomic E-state index is 0.0798. The highest BCUT2D eigenvalue weighted by molar-refractivity contribution is 7.92. The average Bonchev–Trinajstić information content (AvgIpc) is 2.54. The number of hydrogen-bond donors (Lipinski definition) is 1. The highest BCUT2D eigenvalue weighted by atomic mass is 32.2. The van der Waals surface area contributed by atoms with E-state index in [-0.39, 0.29) is 12.3 Å². The second-order valence-corrected chi connectivity index (χ2v) is 7.05. The maximum absolute atomic E-state index is 13.4. The maximum atomic E-state index is 13.4. The fraction of sp³-hybridized carbons (Fsp3) is 0.188. The van der Waals surface area contributed by atoms with Gasteiger partial charge in [-0.3, -0.25) is 9.10 Å². The van der Waals surface area contributed by atoms with E-state index in [1.165, 1.54) is 25.2 Å².